The third kappa shape index (κ3) is 3.32. The lowest BCUT2D eigenvalue weighted by molar-refractivity contribution is 0.414. The maximum atomic E-state index is 14.5. The van der Waals surface area contributed by atoms with Crippen molar-refractivity contribution >= 4 is 17.2 Å². The van der Waals surface area contributed by atoms with Crippen LogP contribution < -0.4 is 0 Å². The van der Waals surface area contributed by atoms with E-state index in [1.54, 1.807) is 0 Å². The van der Waals surface area contributed by atoms with E-state index in [0.717, 1.165) is 36.3 Å². The Morgan fingerprint density at radius 1 is 1.38 bits per heavy atom. The van der Waals surface area contributed by atoms with Gasteiger partial charge in [0.15, 0.2) is 0 Å². The summed E-state index contributed by atoms with van der Waals surface area (Å²) in [7, 11) is 0. The highest BCUT2D eigenvalue weighted by atomic mass is 35.5. The van der Waals surface area contributed by atoms with Gasteiger partial charge in [-0.05, 0) is 30.8 Å². The SMILES string of the molecule is CCCCC1CC=C(c2ccc(C3CO3)c(Cl)c2F)CC1. The van der Waals surface area contributed by atoms with Crippen LogP contribution in [0.25, 0.3) is 5.57 Å². The summed E-state index contributed by atoms with van der Waals surface area (Å²) >= 11 is 6.17. The molecule has 1 saturated heterocycles. The number of hydrogen-bond donors (Lipinski definition) is 0. The first-order valence-electron chi connectivity index (χ1n) is 7.99. The molecule has 0 amide bonds. The molecule has 2 aliphatic rings. The van der Waals surface area contributed by atoms with Gasteiger partial charge in [0.25, 0.3) is 0 Å². The lowest BCUT2D eigenvalue weighted by Crippen LogP contribution is -2.06. The quantitative estimate of drug-likeness (QED) is 0.615. The molecule has 1 aromatic carbocycles. The lowest BCUT2D eigenvalue weighted by atomic mass is 9.83. The van der Waals surface area contributed by atoms with E-state index in [9.17, 15) is 4.39 Å². The molecule has 114 valence electrons. The van der Waals surface area contributed by atoms with Gasteiger partial charge < -0.3 is 4.74 Å². The second kappa shape index (κ2) is 6.50. The van der Waals surface area contributed by atoms with Crippen molar-refractivity contribution in [2.45, 2.75) is 51.6 Å². The van der Waals surface area contributed by atoms with Gasteiger partial charge in [-0.15, -0.1) is 0 Å². The Morgan fingerprint density at radius 3 is 2.81 bits per heavy atom. The van der Waals surface area contributed by atoms with E-state index in [1.165, 1.54) is 19.3 Å². The first-order valence-corrected chi connectivity index (χ1v) is 8.37. The highest BCUT2D eigenvalue weighted by molar-refractivity contribution is 6.31. The summed E-state index contributed by atoms with van der Waals surface area (Å²) in [4.78, 5) is 0. The standard InChI is InChI=1S/C18H22ClFO/c1-2-3-4-12-5-7-13(8-6-12)14-9-10-15(16-11-21-16)17(19)18(14)20/h7,9-10,12,16H,2-6,8,11H2,1H3. The van der Waals surface area contributed by atoms with E-state index in [0.29, 0.717) is 12.2 Å². The Balaban J connectivity index is 1.75. The summed E-state index contributed by atoms with van der Waals surface area (Å²) < 4.78 is 19.7. The van der Waals surface area contributed by atoms with Crippen LogP contribution in [0.5, 0.6) is 0 Å². The van der Waals surface area contributed by atoms with Crippen molar-refractivity contribution in [3.05, 3.63) is 40.2 Å². The Kier molecular flexibility index (Phi) is 4.66. The fourth-order valence-electron chi connectivity index (χ4n) is 3.18. The topological polar surface area (TPSA) is 12.5 Å². The molecule has 1 fully saturated rings. The van der Waals surface area contributed by atoms with Crippen LogP contribution in [0.1, 0.15) is 62.7 Å². The molecule has 0 saturated carbocycles. The van der Waals surface area contributed by atoms with Gasteiger partial charge in [-0.1, -0.05) is 56.0 Å². The number of ether oxygens (including phenoxy) is 1. The van der Waals surface area contributed by atoms with E-state index < -0.39 is 0 Å². The summed E-state index contributed by atoms with van der Waals surface area (Å²) in [6, 6.07) is 3.79. The minimum absolute atomic E-state index is 0.000176. The van der Waals surface area contributed by atoms with Crippen molar-refractivity contribution in [3.63, 3.8) is 0 Å². The number of hydrogen-bond acceptors (Lipinski definition) is 1. The van der Waals surface area contributed by atoms with Crippen LogP contribution in [0, 0.1) is 11.7 Å². The van der Waals surface area contributed by atoms with Gasteiger partial charge in [-0.2, -0.15) is 0 Å². The van der Waals surface area contributed by atoms with E-state index >= 15 is 0 Å². The molecule has 1 heterocycles. The zero-order valence-corrected chi connectivity index (χ0v) is 13.3. The number of benzene rings is 1. The molecule has 1 nitrogen and oxygen atoms in total. The summed E-state index contributed by atoms with van der Waals surface area (Å²) in [5.74, 6) is 0.495. The summed E-state index contributed by atoms with van der Waals surface area (Å²) in [5.41, 5.74) is 2.58. The fourth-order valence-corrected chi connectivity index (χ4v) is 3.46. The molecule has 21 heavy (non-hydrogen) atoms. The highest BCUT2D eigenvalue weighted by Crippen LogP contribution is 2.40. The normalized spacial score (nSPS) is 24.8. The highest BCUT2D eigenvalue weighted by Gasteiger charge is 2.29. The lowest BCUT2D eigenvalue weighted by Gasteiger charge is -2.22. The van der Waals surface area contributed by atoms with Crippen molar-refractivity contribution in [1.82, 2.24) is 0 Å². The summed E-state index contributed by atoms with van der Waals surface area (Å²) in [6.45, 7) is 2.88. The zero-order valence-electron chi connectivity index (χ0n) is 12.5. The van der Waals surface area contributed by atoms with Crippen molar-refractivity contribution in [2.24, 2.45) is 5.92 Å². The Morgan fingerprint density at radius 2 is 2.19 bits per heavy atom. The average Bonchev–Trinajstić information content (AvgIpc) is 3.33. The van der Waals surface area contributed by atoms with Crippen LogP contribution in [0.15, 0.2) is 18.2 Å². The van der Waals surface area contributed by atoms with Gasteiger partial charge in [0.05, 0.1) is 11.6 Å². The van der Waals surface area contributed by atoms with Gasteiger partial charge in [-0.25, -0.2) is 4.39 Å². The van der Waals surface area contributed by atoms with Crippen LogP contribution in [0.3, 0.4) is 0 Å². The molecule has 0 radical (unpaired) electrons. The van der Waals surface area contributed by atoms with E-state index in [4.69, 9.17) is 16.3 Å². The third-order valence-electron chi connectivity index (χ3n) is 4.62. The summed E-state index contributed by atoms with van der Waals surface area (Å²) in [5, 5.41) is 0.240. The van der Waals surface area contributed by atoms with Crippen LogP contribution in [0.2, 0.25) is 5.02 Å². The van der Waals surface area contributed by atoms with Gasteiger partial charge >= 0.3 is 0 Å². The maximum Gasteiger partial charge on any atom is 0.149 e. The predicted octanol–water partition coefficient (Wildman–Crippen LogP) is 5.92. The van der Waals surface area contributed by atoms with Crippen molar-refractivity contribution < 1.29 is 9.13 Å². The van der Waals surface area contributed by atoms with Crippen molar-refractivity contribution in [3.8, 4) is 0 Å². The van der Waals surface area contributed by atoms with Gasteiger partial charge in [0.2, 0.25) is 0 Å². The van der Waals surface area contributed by atoms with Crippen molar-refractivity contribution in [2.75, 3.05) is 6.61 Å². The summed E-state index contributed by atoms with van der Waals surface area (Å²) in [6.07, 6.45) is 9.25. The number of epoxide rings is 1. The number of unbranched alkanes of at least 4 members (excludes halogenated alkanes) is 1. The maximum absolute atomic E-state index is 14.5. The Labute approximate surface area is 131 Å². The number of rotatable bonds is 5. The molecule has 2 atom stereocenters. The molecule has 1 aliphatic heterocycles. The van der Waals surface area contributed by atoms with Gasteiger partial charge in [0.1, 0.15) is 11.9 Å². The molecule has 0 bridgehead atoms. The monoisotopic (exact) mass is 308 g/mol. The van der Waals surface area contributed by atoms with E-state index in [2.05, 4.69) is 13.0 Å². The van der Waals surface area contributed by atoms with Gasteiger partial charge in [0, 0.05) is 11.1 Å². The molecule has 0 aromatic heterocycles. The molecule has 3 rings (SSSR count). The fraction of sp³-hybridized carbons (Fsp3) is 0.556. The first-order chi connectivity index (χ1) is 10.2. The minimum Gasteiger partial charge on any atom is -0.368 e. The molecule has 0 N–H and O–H groups in total. The molecule has 0 spiro atoms. The van der Waals surface area contributed by atoms with Crippen LogP contribution in [0.4, 0.5) is 4.39 Å². The molecule has 2 unspecified atom stereocenters. The molecule has 1 aromatic rings. The molecular weight excluding hydrogens is 287 g/mol. The molecule has 1 aliphatic carbocycles. The smallest absolute Gasteiger partial charge is 0.149 e. The predicted molar refractivity (Wildman–Crippen MR) is 84.9 cm³/mol. The number of halogens is 2. The Bertz CT molecular complexity index is 548. The van der Waals surface area contributed by atoms with Crippen LogP contribution in [-0.2, 0) is 4.74 Å². The second-order valence-corrected chi connectivity index (χ2v) is 6.54. The van der Waals surface area contributed by atoms with E-state index in [-0.39, 0.29) is 16.9 Å². The van der Waals surface area contributed by atoms with E-state index in [1.807, 2.05) is 12.1 Å². The second-order valence-electron chi connectivity index (χ2n) is 6.16. The Hall–Kier alpha value is -0.860. The minimum atomic E-state index is -0.275. The van der Waals surface area contributed by atoms with Crippen LogP contribution in [-0.4, -0.2) is 6.61 Å². The zero-order chi connectivity index (χ0) is 14.8. The molecule has 3 heteroatoms. The van der Waals surface area contributed by atoms with Crippen LogP contribution >= 0.6 is 11.6 Å². The number of allylic oxidation sites excluding steroid dienone is 2. The average molecular weight is 309 g/mol. The largest absolute Gasteiger partial charge is 0.368 e. The van der Waals surface area contributed by atoms with Crippen molar-refractivity contribution in [1.29, 1.82) is 0 Å². The van der Waals surface area contributed by atoms with Gasteiger partial charge in [-0.3, -0.25) is 0 Å². The third-order valence-corrected chi connectivity index (χ3v) is 5.01. The molecular formula is C18H22ClFO. The first kappa shape index (κ1) is 15.1.